The van der Waals surface area contributed by atoms with Crippen molar-refractivity contribution in [1.82, 2.24) is 10.3 Å². The number of aromatic amines is 1. The minimum Gasteiger partial charge on any atom is -0.336 e. The van der Waals surface area contributed by atoms with Gasteiger partial charge in [0.1, 0.15) is 0 Å². The number of hydrogen-bond donors (Lipinski definition) is 2. The number of fused-ring (bicyclic) bond motifs is 1. The van der Waals surface area contributed by atoms with Gasteiger partial charge < -0.3 is 10.3 Å². The smallest absolute Gasteiger partial charge is 0.253 e. The van der Waals surface area contributed by atoms with Gasteiger partial charge in [-0.15, -0.1) is 6.42 Å². The van der Waals surface area contributed by atoms with Crippen molar-refractivity contribution in [2.45, 2.75) is 19.4 Å². The molecule has 0 aliphatic heterocycles. The number of hydrogen-bond acceptors (Lipinski definition) is 2. The first-order valence-corrected chi connectivity index (χ1v) is 5.85. The molecule has 0 aliphatic rings. The van der Waals surface area contributed by atoms with Crippen LogP contribution in [0, 0.1) is 12.3 Å². The molecule has 1 aromatic carbocycles. The van der Waals surface area contributed by atoms with Crippen LogP contribution in [-0.2, 0) is 0 Å². The Kier molecular flexibility index (Phi) is 3.14. The number of terminal acetylenes is 1. The van der Waals surface area contributed by atoms with Gasteiger partial charge in [-0.1, -0.05) is 24.1 Å². The number of para-hydroxylation sites is 1. The lowest BCUT2D eigenvalue weighted by Gasteiger charge is -2.20. The van der Waals surface area contributed by atoms with Gasteiger partial charge in [-0.2, -0.15) is 0 Å². The Labute approximate surface area is 110 Å². The largest absolute Gasteiger partial charge is 0.336 e. The molecule has 2 aromatic rings. The van der Waals surface area contributed by atoms with Gasteiger partial charge >= 0.3 is 0 Å². The minimum atomic E-state index is -0.763. The topological polar surface area (TPSA) is 62.0 Å². The molecule has 1 aromatic heterocycles. The number of carbonyl (C=O) groups is 1. The van der Waals surface area contributed by atoms with Crippen LogP contribution in [0.15, 0.2) is 35.1 Å². The maximum Gasteiger partial charge on any atom is 0.253 e. The van der Waals surface area contributed by atoms with Crippen molar-refractivity contribution in [3.05, 3.63) is 46.2 Å². The first kappa shape index (κ1) is 12.9. The predicted molar refractivity (Wildman–Crippen MR) is 74.9 cm³/mol. The van der Waals surface area contributed by atoms with Crippen LogP contribution < -0.4 is 10.9 Å². The van der Waals surface area contributed by atoms with Gasteiger partial charge in [-0.3, -0.25) is 9.59 Å². The standard InChI is InChI=1S/C15H14N2O2/c1-4-15(2,3)17-14(19)11-9-13(18)16-12-8-6-5-7-10(11)12/h1,5-9H,2-3H3,(H,16,18)(H,17,19). The average Bonchev–Trinajstić information content (AvgIpc) is 2.37. The molecule has 0 fully saturated rings. The molecule has 0 saturated carbocycles. The Hall–Kier alpha value is -2.54. The van der Waals surface area contributed by atoms with E-state index in [0.717, 1.165) is 0 Å². The van der Waals surface area contributed by atoms with Crippen LogP contribution >= 0.6 is 0 Å². The highest BCUT2D eigenvalue weighted by Crippen LogP contribution is 2.15. The van der Waals surface area contributed by atoms with Crippen LogP contribution in [0.25, 0.3) is 10.9 Å². The summed E-state index contributed by atoms with van der Waals surface area (Å²) in [6, 6.07) is 8.42. The molecule has 0 aliphatic carbocycles. The van der Waals surface area contributed by atoms with Crippen molar-refractivity contribution < 1.29 is 4.79 Å². The van der Waals surface area contributed by atoms with E-state index in [4.69, 9.17) is 6.42 Å². The van der Waals surface area contributed by atoms with Crippen LogP contribution in [0.2, 0.25) is 0 Å². The molecule has 4 nitrogen and oxygen atoms in total. The van der Waals surface area contributed by atoms with Crippen molar-refractivity contribution in [1.29, 1.82) is 0 Å². The van der Waals surface area contributed by atoms with E-state index in [9.17, 15) is 9.59 Å². The molecule has 4 heteroatoms. The van der Waals surface area contributed by atoms with E-state index in [1.54, 1.807) is 32.0 Å². The number of aromatic nitrogens is 1. The van der Waals surface area contributed by atoms with Crippen LogP contribution in [0.1, 0.15) is 24.2 Å². The zero-order valence-corrected chi connectivity index (χ0v) is 10.8. The Morgan fingerprint density at radius 2 is 2.05 bits per heavy atom. The normalized spacial score (nSPS) is 11.0. The molecule has 96 valence electrons. The summed E-state index contributed by atoms with van der Waals surface area (Å²) in [5, 5.41) is 3.40. The SMILES string of the molecule is C#CC(C)(C)NC(=O)c1cc(=O)[nH]c2ccccc12. The van der Waals surface area contributed by atoms with Crippen molar-refractivity contribution in [2.75, 3.05) is 0 Å². The maximum atomic E-state index is 12.2. The highest BCUT2D eigenvalue weighted by atomic mass is 16.2. The number of nitrogens with one attached hydrogen (secondary N) is 2. The molecule has 0 unspecified atom stereocenters. The van der Waals surface area contributed by atoms with Crippen molar-refractivity contribution in [3.63, 3.8) is 0 Å². The van der Waals surface area contributed by atoms with Gasteiger partial charge in [-0.05, 0) is 19.9 Å². The van der Waals surface area contributed by atoms with Gasteiger partial charge in [-0.25, -0.2) is 0 Å². The van der Waals surface area contributed by atoms with Gasteiger partial charge in [0.25, 0.3) is 5.91 Å². The summed E-state index contributed by atoms with van der Waals surface area (Å²) >= 11 is 0. The van der Waals surface area contributed by atoms with E-state index in [1.807, 2.05) is 6.07 Å². The first-order valence-electron chi connectivity index (χ1n) is 5.85. The van der Waals surface area contributed by atoms with Crippen LogP contribution in [0.3, 0.4) is 0 Å². The van der Waals surface area contributed by atoms with Gasteiger partial charge in [0, 0.05) is 17.0 Å². The number of rotatable bonds is 2. The second-order valence-corrected chi connectivity index (χ2v) is 4.82. The van der Waals surface area contributed by atoms with Crippen molar-refractivity contribution in [2.24, 2.45) is 0 Å². The van der Waals surface area contributed by atoms with Crippen LogP contribution in [0.5, 0.6) is 0 Å². The molecule has 0 saturated heterocycles. The summed E-state index contributed by atoms with van der Waals surface area (Å²) in [5.41, 5.74) is -0.135. The summed E-state index contributed by atoms with van der Waals surface area (Å²) in [6.07, 6.45) is 5.34. The third kappa shape index (κ3) is 2.66. The molecule has 0 atom stereocenters. The second-order valence-electron chi connectivity index (χ2n) is 4.82. The predicted octanol–water partition coefficient (Wildman–Crippen LogP) is 1.67. The van der Waals surface area contributed by atoms with Gasteiger partial charge in [0.05, 0.1) is 11.1 Å². The van der Waals surface area contributed by atoms with Gasteiger partial charge in [0.2, 0.25) is 5.56 Å². The Bertz CT molecular complexity index is 736. The Morgan fingerprint density at radius 3 is 2.74 bits per heavy atom. The zero-order valence-electron chi connectivity index (χ0n) is 10.8. The van der Waals surface area contributed by atoms with Crippen LogP contribution in [-0.4, -0.2) is 16.4 Å². The molecule has 1 amide bonds. The summed E-state index contributed by atoms with van der Waals surface area (Å²) in [5.74, 6) is 2.13. The lowest BCUT2D eigenvalue weighted by Crippen LogP contribution is -2.42. The van der Waals surface area contributed by atoms with Gasteiger partial charge in [0.15, 0.2) is 0 Å². The third-order valence-corrected chi connectivity index (χ3v) is 2.78. The van der Waals surface area contributed by atoms with E-state index >= 15 is 0 Å². The number of pyridine rings is 1. The average molecular weight is 254 g/mol. The number of H-pyrrole nitrogens is 1. The van der Waals surface area contributed by atoms with Crippen molar-refractivity contribution >= 4 is 16.8 Å². The number of carbonyl (C=O) groups excluding carboxylic acids is 1. The Balaban J connectivity index is 2.54. The monoisotopic (exact) mass is 254 g/mol. The highest BCUT2D eigenvalue weighted by Gasteiger charge is 2.20. The third-order valence-electron chi connectivity index (χ3n) is 2.78. The molecule has 0 radical (unpaired) electrons. The van der Waals surface area contributed by atoms with E-state index in [2.05, 4.69) is 16.2 Å². The fourth-order valence-corrected chi connectivity index (χ4v) is 1.78. The summed E-state index contributed by atoms with van der Waals surface area (Å²) in [7, 11) is 0. The molecule has 2 rings (SSSR count). The fraction of sp³-hybridized carbons (Fsp3) is 0.200. The second kappa shape index (κ2) is 4.62. The highest BCUT2D eigenvalue weighted by molar-refractivity contribution is 6.06. The lowest BCUT2D eigenvalue weighted by atomic mass is 10.0. The minimum absolute atomic E-state index is 0.317. The maximum absolute atomic E-state index is 12.2. The first-order chi connectivity index (χ1) is 8.93. The molecular weight excluding hydrogens is 240 g/mol. The number of benzene rings is 1. The summed E-state index contributed by atoms with van der Waals surface area (Å²) in [4.78, 5) is 26.5. The van der Waals surface area contributed by atoms with E-state index in [1.165, 1.54) is 6.07 Å². The molecule has 0 spiro atoms. The molecule has 19 heavy (non-hydrogen) atoms. The summed E-state index contributed by atoms with van der Waals surface area (Å²) in [6.45, 7) is 3.44. The van der Waals surface area contributed by atoms with Crippen LogP contribution in [0.4, 0.5) is 0 Å². The zero-order chi connectivity index (χ0) is 14.0. The number of amides is 1. The lowest BCUT2D eigenvalue weighted by molar-refractivity contribution is 0.0931. The van der Waals surface area contributed by atoms with E-state index in [0.29, 0.717) is 16.5 Å². The quantitative estimate of drug-likeness (QED) is 0.801. The Morgan fingerprint density at radius 1 is 1.37 bits per heavy atom. The molecule has 0 bridgehead atoms. The summed E-state index contributed by atoms with van der Waals surface area (Å²) < 4.78 is 0. The molecule has 1 heterocycles. The van der Waals surface area contributed by atoms with E-state index < -0.39 is 5.54 Å². The fourth-order valence-electron chi connectivity index (χ4n) is 1.78. The van der Waals surface area contributed by atoms with E-state index in [-0.39, 0.29) is 11.5 Å². The van der Waals surface area contributed by atoms with Crippen molar-refractivity contribution in [3.8, 4) is 12.3 Å². The molecular formula is C15H14N2O2. The molecule has 2 N–H and O–H groups in total.